The molecule has 0 aromatic heterocycles. The van der Waals surface area contributed by atoms with Crippen molar-refractivity contribution in [3.63, 3.8) is 0 Å². The van der Waals surface area contributed by atoms with Gasteiger partial charge in [0.2, 0.25) is 0 Å². The minimum atomic E-state index is 0.381. The quantitative estimate of drug-likeness (QED) is 0.422. The molecule has 2 aliphatic carbocycles. The van der Waals surface area contributed by atoms with Gasteiger partial charge in [0.05, 0.1) is 0 Å². The van der Waals surface area contributed by atoms with Gasteiger partial charge in [0.25, 0.3) is 0 Å². The zero-order valence-electron chi connectivity index (χ0n) is 18.4. The van der Waals surface area contributed by atoms with Crippen LogP contribution in [0.3, 0.4) is 0 Å². The molecule has 0 heteroatoms. The van der Waals surface area contributed by atoms with Crippen molar-refractivity contribution in [2.75, 3.05) is 0 Å². The highest BCUT2D eigenvalue weighted by molar-refractivity contribution is 5.71. The summed E-state index contributed by atoms with van der Waals surface area (Å²) < 4.78 is 0. The summed E-state index contributed by atoms with van der Waals surface area (Å²) in [5.74, 6) is 1.84. The molecule has 5 rings (SSSR count). The third-order valence-electron chi connectivity index (χ3n) is 6.86. The van der Waals surface area contributed by atoms with E-state index in [0.29, 0.717) is 23.7 Å². The van der Waals surface area contributed by atoms with Gasteiger partial charge in [-0.15, -0.1) is 0 Å². The van der Waals surface area contributed by atoms with Gasteiger partial charge >= 0.3 is 0 Å². The summed E-state index contributed by atoms with van der Waals surface area (Å²) in [6, 6.07) is 27.2. The molecule has 0 bridgehead atoms. The van der Waals surface area contributed by atoms with E-state index < -0.39 is 0 Å². The molecule has 3 aromatic rings. The lowest BCUT2D eigenvalue weighted by Crippen LogP contribution is -2.08. The average Bonchev–Trinajstić information content (AvgIpc) is 3.33. The highest BCUT2D eigenvalue weighted by Gasteiger charge is 2.30. The second kappa shape index (κ2) is 7.43. The maximum Gasteiger partial charge on any atom is 0.0310 e. The lowest BCUT2D eigenvalue weighted by Gasteiger charge is -2.23. The van der Waals surface area contributed by atoms with E-state index in [2.05, 4.69) is 113 Å². The average molecular weight is 391 g/mol. The Morgan fingerprint density at radius 3 is 1.23 bits per heavy atom. The Labute approximate surface area is 181 Å². The fourth-order valence-electron chi connectivity index (χ4n) is 5.32. The van der Waals surface area contributed by atoms with E-state index >= 15 is 0 Å². The summed E-state index contributed by atoms with van der Waals surface area (Å²) in [7, 11) is 0. The summed E-state index contributed by atoms with van der Waals surface area (Å²) in [5, 5.41) is 0. The highest BCUT2D eigenvalue weighted by Crippen LogP contribution is 2.46. The minimum Gasteiger partial charge on any atom is -0.0619 e. The van der Waals surface area contributed by atoms with Gasteiger partial charge in [-0.1, -0.05) is 124 Å². The van der Waals surface area contributed by atoms with Crippen molar-refractivity contribution >= 4 is 12.2 Å². The second-order valence-electron chi connectivity index (χ2n) is 9.39. The molecule has 0 N–H and O–H groups in total. The molecule has 2 atom stereocenters. The van der Waals surface area contributed by atoms with Crippen LogP contribution in [0.25, 0.3) is 12.2 Å². The first-order valence-corrected chi connectivity index (χ1v) is 11.2. The lowest BCUT2D eigenvalue weighted by molar-refractivity contribution is 0.711. The number of fused-ring (bicyclic) bond motifs is 2. The van der Waals surface area contributed by atoms with Crippen molar-refractivity contribution in [2.24, 2.45) is 11.8 Å². The van der Waals surface area contributed by atoms with Crippen LogP contribution in [-0.4, -0.2) is 0 Å². The van der Waals surface area contributed by atoms with Crippen LogP contribution < -0.4 is 0 Å². The Kier molecular flexibility index (Phi) is 4.74. The number of hydrogen-bond donors (Lipinski definition) is 0. The predicted octanol–water partition coefficient (Wildman–Crippen LogP) is 8.06. The number of rotatable bonds is 4. The van der Waals surface area contributed by atoms with Crippen LogP contribution in [0.1, 0.15) is 72.9 Å². The first kappa shape index (κ1) is 19.1. The van der Waals surface area contributed by atoms with Crippen LogP contribution in [0.5, 0.6) is 0 Å². The Hall–Kier alpha value is -2.86. The summed E-state index contributed by atoms with van der Waals surface area (Å²) >= 11 is 0. The summed E-state index contributed by atoms with van der Waals surface area (Å²) in [5.41, 5.74) is 11.5. The molecule has 0 aliphatic heterocycles. The Bertz CT molecular complexity index is 1050. The largest absolute Gasteiger partial charge is 0.0619 e. The van der Waals surface area contributed by atoms with Crippen LogP contribution in [0.15, 0.2) is 83.9 Å². The molecule has 0 saturated heterocycles. The molecule has 0 nitrogen and oxygen atoms in total. The smallest absolute Gasteiger partial charge is 0.0310 e. The topological polar surface area (TPSA) is 0 Å². The maximum atomic E-state index is 2.41. The van der Waals surface area contributed by atoms with E-state index in [1.165, 1.54) is 44.5 Å². The first-order chi connectivity index (χ1) is 14.5. The third-order valence-corrected chi connectivity index (χ3v) is 6.86. The molecular weight excluding hydrogens is 360 g/mol. The van der Waals surface area contributed by atoms with Gasteiger partial charge in [-0.3, -0.25) is 0 Å². The van der Waals surface area contributed by atoms with E-state index in [9.17, 15) is 0 Å². The summed E-state index contributed by atoms with van der Waals surface area (Å²) in [6.07, 6.45) is 4.82. The van der Waals surface area contributed by atoms with E-state index in [-0.39, 0.29) is 0 Å². The zero-order chi connectivity index (χ0) is 20.8. The van der Waals surface area contributed by atoms with Gasteiger partial charge in [-0.05, 0) is 45.2 Å². The van der Waals surface area contributed by atoms with Gasteiger partial charge in [0.15, 0.2) is 0 Å². The van der Waals surface area contributed by atoms with E-state index in [4.69, 9.17) is 0 Å². The molecule has 2 aliphatic rings. The van der Waals surface area contributed by atoms with Crippen molar-refractivity contribution in [1.29, 1.82) is 0 Å². The van der Waals surface area contributed by atoms with Crippen LogP contribution >= 0.6 is 0 Å². The predicted molar refractivity (Wildman–Crippen MR) is 129 cm³/mol. The fourth-order valence-corrected chi connectivity index (χ4v) is 5.32. The van der Waals surface area contributed by atoms with Crippen LogP contribution in [0.4, 0.5) is 0 Å². The van der Waals surface area contributed by atoms with Gasteiger partial charge < -0.3 is 0 Å². The Balaban J connectivity index is 1.54. The van der Waals surface area contributed by atoms with Crippen LogP contribution in [0, 0.1) is 11.8 Å². The second-order valence-corrected chi connectivity index (χ2v) is 9.39. The van der Waals surface area contributed by atoms with Crippen LogP contribution in [0.2, 0.25) is 0 Å². The first-order valence-electron chi connectivity index (χ1n) is 11.2. The van der Waals surface area contributed by atoms with Crippen molar-refractivity contribution in [2.45, 2.75) is 39.5 Å². The Morgan fingerprint density at radius 2 is 0.867 bits per heavy atom. The number of allylic oxidation sites excluding steroid dienone is 2. The summed E-state index contributed by atoms with van der Waals surface area (Å²) in [6.45, 7) is 9.25. The molecule has 3 aromatic carbocycles. The van der Waals surface area contributed by atoms with E-state index in [1.54, 1.807) is 0 Å². The van der Waals surface area contributed by atoms with Crippen molar-refractivity contribution < 1.29 is 0 Å². The third kappa shape index (κ3) is 3.06. The van der Waals surface area contributed by atoms with Gasteiger partial charge in [-0.2, -0.15) is 0 Å². The monoisotopic (exact) mass is 390 g/mol. The molecule has 0 saturated carbocycles. The van der Waals surface area contributed by atoms with Crippen molar-refractivity contribution in [1.82, 2.24) is 0 Å². The normalized spacial score (nSPS) is 19.7. The molecule has 0 spiro atoms. The maximum absolute atomic E-state index is 2.41. The van der Waals surface area contributed by atoms with Crippen molar-refractivity contribution in [3.8, 4) is 0 Å². The molecular formula is C30H30. The number of hydrogen-bond acceptors (Lipinski definition) is 0. The summed E-state index contributed by atoms with van der Waals surface area (Å²) in [4.78, 5) is 0. The molecule has 2 unspecified atom stereocenters. The Morgan fingerprint density at radius 1 is 0.500 bits per heavy atom. The molecule has 0 amide bonds. The number of benzene rings is 3. The molecule has 0 heterocycles. The zero-order valence-corrected chi connectivity index (χ0v) is 18.4. The van der Waals surface area contributed by atoms with Crippen molar-refractivity contribution in [3.05, 3.63) is 117 Å². The van der Waals surface area contributed by atoms with E-state index in [0.717, 1.165) is 0 Å². The van der Waals surface area contributed by atoms with Gasteiger partial charge in [0.1, 0.15) is 0 Å². The van der Waals surface area contributed by atoms with Gasteiger partial charge in [-0.25, -0.2) is 0 Å². The van der Waals surface area contributed by atoms with Gasteiger partial charge in [0, 0.05) is 11.8 Å². The van der Waals surface area contributed by atoms with E-state index in [1.807, 2.05) is 0 Å². The lowest BCUT2D eigenvalue weighted by atomic mass is 9.81. The molecule has 0 radical (unpaired) electrons. The van der Waals surface area contributed by atoms with Crippen LogP contribution in [-0.2, 0) is 0 Å². The molecule has 150 valence electrons. The molecule has 30 heavy (non-hydrogen) atoms. The standard InChI is InChI=1S/C30H30/c1-19(2)27-17-23-9-5-7-11-25(23)29(27)21-13-15-22(16-14-21)30-26-12-8-6-10-24(26)18-28(30)20(3)4/h5-20,29-30H,1-4H3. The SMILES string of the molecule is CC(C)C1=Cc2ccccc2C1c1ccc(C2C(C(C)C)=Cc3ccccc32)cc1. The molecule has 0 fully saturated rings. The highest BCUT2D eigenvalue weighted by atomic mass is 14.3. The minimum absolute atomic E-state index is 0.381. The fraction of sp³-hybridized carbons (Fsp3) is 0.267.